The predicted octanol–water partition coefficient (Wildman–Crippen LogP) is 2.66. The van der Waals surface area contributed by atoms with Gasteiger partial charge in [0.05, 0.1) is 29.7 Å². The second-order valence-corrected chi connectivity index (χ2v) is 7.78. The summed E-state index contributed by atoms with van der Waals surface area (Å²) in [6.07, 6.45) is 0.902. The molecule has 1 N–H and O–H groups in total. The number of non-ortho nitro benzene ring substituents is 1. The number of benzene rings is 2. The minimum absolute atomic E-state index is 0.0000842. The van der Waals surface area contributed by atoms with Crippen molar-refractivity contribution in [3.05, 3.63) is 57.6 Å². The first-order valence-electron chi connectivity index (χ1n) is 7.47. The van der Waals surface area contributed by atoms with Crippen LogP contribution in [0.25, 0.3) is 0 Å². The minimum Gasteiger partial charge on any atom is -0.495 e. The number of nitro benzene ring substituents is 1. The van der Waals surface area contributed by atoms with Gasteiger partial charge in [-0.1, -0.05) is 17.7 Å². The third-order valence-electron chi connectivity index (χ3n) is 3.45. The average molecular weight is 414 g/mol. The minimum atomic E-state index is -3.88. The van der Waals surface area contributed by atoms with Crippen LogP contribution in [0, 0.1) is 10.1 Å². The van der Waals surface area contributed by atoms with Crippen LogP contribution in [0.3, 0.4) is 0 Å². The van der Waals surface area contributed by atoms with Crippen molar-refractivity contribution >= 4 is 44.6 Å². The third-order valence-corrected chi connectivity index (χ3v) is 4.83. The molecule has 11 heteroatoms. The summed E-state index contributed by atoms with van der Waals surface area (Å²) in [5.41, 5.74) is -0.0273. The van der Waals surface area contributed by atoms with Gasteiger partial charge in [-0.05, 0) is 24.3 Å². The molecule has 2 aromatic carbocycles. The average Bonchev–Trinajstić information content (AvgIpc) is 2.59. The first kappa shape index (κ1) is 20.5. The Hall–Kier alpha value is -2.85. The van der Waals surface area contributed by atoms with E-state index in [-0.39, 0.29) is 17.1 Å². The van der Waals surface area contributed by atoms with Crippen molar-refractivity contribution in [2.75, 3.05) is 29.5 Å². The summed E-state index contributed by atoms with van der Waals surface area (Å²) in [4.78, 5) is 22.7. The van der Waals surface area contributed by atoms with E-state index in [1.54, 1.807) is 12.1 Å². The first-order chi connectivity index (χ1) is 12.6. The number of hydrogen-bond donors (Lipinski definition) is 1. The van der Waals surface area contributed by atoms with Gasteiger partial charge in [0.25, 0.3) is 5.69 Å². The van der Waals surface area contributed by atoms with Crippen LogP contribution in [0.2, 0.25) is 5.02 Å². The lowest BCUT2D eigenvalue weighted by Gasteiger charge is -2.22. The normalized spacial score (nSPS) is 10.9. The van der Waals surface area contributed by atoms with E-state index in [9.17, 15) is 23.3 Å². The van der Waals surface area contributed by atoms with Gasteiger partial charge >= 0.3 is 0 Å². The van der Waals surface area contributed by atoms with Gasteiger partial charge in [0.1, 0.15) is 12.3 Å². The molecular weight excluding hydrogens is 398 g/mol. The lowest BCUT2D eigenvalue weighted by molar-refractivity contribution is -0.384. The standard InChI is InChI=1S/C16H16ClN3O6S/c1-26-15-7-6-11(17)8-14(15)18-16(21)10-19(27(2,24)25)12-4-3-5-13(9-12)20(22)23/h3-9H,10H2,1-2H3,(H,18,21). The van der Waals surface area contributed by atoms with Gasteiger partial charge in [-0.2, -0.15) is 0 Å². The summed E-state index contributed by atoms with van der Waals surface area (Å²) < 4.78 is 30.1. The molecule has 0 atom stereocenters. The molecule has 2 rings (SSSR count). The van der Waals surface area contributed by atoms with Crippen LogP contribution in [-0.2, 0) is 14.8 Å². The third kappa shape index (κ3) is 5.31. The highest BCUT2D eigenvalue weighted by atomic mass is 35.5. The highest BCUT2D eigenvalue weighted by molar-refractivity contribution is 7.92. The second-order valence-electron chi connectivity index (χ2n) is 5.44. The summed E-state index contributed by atoms with van der Waals surface area (Å²) in [7, 11) is -2.47. The Bertz CT molecular complexity index is 980. The Balaban J connectivity index is 2.30. The topological polar surface area (TPSA) is 119 Å². The Morgan fingerprint density at radius 2 is 2.00 bits per heavy atom. The van der Waals surface area contributed by atoms with Gasteiger partial charge in [0.15, 0.2) is 0 Å². The van der Waals surface area contributed by atoms with Gasteiger partial charge in [0.2, 0.25) is 15.9 Å². The van der Waals surface area contributed by atoms with E-state index in [4.69, 9.17) is 16.3 Å². The Kier molecular flexibility index (Phi) is 6.24. The lowest BCUT2D eigenvalue weighted by atomic mass is 10.2. The van der Waals surface area contributed by atoms with Gasteiger partial charge in [0, 0.05) is 17.2 Å². The van der Waals surface area contributed by atoms with E-state index in [0.717, 1.165) is 16.6 Å². The summed E-state index contributed by atoms with van der Waals surface area (Å²) in [5.74, 6) is -0.332. The zero-order valence-corrected chi connectivity index (χ0v) is 16.0. The molecule has 9 nitrogen and oxygen atoms in total. The molecule has 2 aromatic rings. The predicted molar refractivity (Wildman–Crippen MR) is 102 cm³/mol. The van der Waals surface area contributed by atoms with Crippen LogP contribution in [0.1, 0.15) is 0 Å². The highest BCUT2D eigenvalue weighted by Gasteiger charge is 2.23. The number of amides is 1. The molecule has 0 unspecified atom stereocenters. The van der Waals surface area contributed by atoms with E-state index in [1.165, 1.54) is 31.4 Å². The summed E-state index contributed by atoms with van der Waals surface area (Å²) in [6, 6.07) is 9.57. The maximum atomic E-state index is 12.4. The van der Waals surface area contributed by atoms with Crippen molar-refractivity contribution in [1.29, 1.82) is 0 Å². The summed E-state index contributed by atoms with van der Waals surface area (Å²) in [6.45, 7) is -0.588. The number of ether oxygens (including phenoxy) is 1. The number of nitrogens with zero attached hydrogens (tertiary/aromatic N) is 2. The number of hydrogen-bond acceptors (Lipinski definition) is 6. The van der Waals surface area contributed by atoms with Gasteiger partial charge in [-0.15, -0.1) is 0 Å². The fourth-order valence-corrected chi connectivity index (χ4v) is 3.28. The van der Waals surface area contributed by atoms with Crippen LogP contribution in [0.4, 0.5) is 17.1 Å². The van der Waals surface area contributed by atoms with Crippen molar-refractivity contribution in [2.45, 2.75) is 0 Å². The van der Waals surface area contributed by atoms with Crippen LogP contribution in [-0.4, -0.2) is 39.2 Å². The molecule has 0 aliphatic heterocycles. The molecule has 0 saturated heterocycles. The zero-order chi connectivity index (χ0) is 20.2. The molecular formula is C16H16ClN3O6S. The first-order valence-corrected chi connectivity index (χ1v) is 9.70. The number of rotatable bonds is 7. The maximum absolute atomic E-state index is 12.4. The highest BCUT2D eigenvalue weighted by Crippen LogP contribution is 2.28. The smallest absolute Gasteiger partial charge is 0.271 e. The lowest BCUT2D eigenvalue weighted by Crippen LogP contribution is -2.37. The quantitative estimate of drug-likeness (QED) is 0.550. The molecule has 0 bridgehead atoms. The van der Waals surface area contributed by atoms with E-state index in [1.807, 2.05) is 0 Å². The molecule has 0 fully saturated rings. The van der Waals surface area contributed by atoms with E-state index >= 15 is 0 Å². The van der Waals surface area contributed by atoms with Crippen LogP contribution in [0.5, 0.6) is 5.75 Å². The van der Waals surface area contributed by atoms with Gasteiger partial charge in [-0.3, -0.25) is 19.2 Å². The molecule has 0 aliphatic carbocycles. The van der Waals surface area contributed by atoms with E-state index in [2.05, 4.69) is 5.32 Å². The SMILES string of the molecule is COc1ccc(Cl)cc1NC(=O)CN(c1cccc([N+](=O)[O-])c1)S(C)(=O)=O. The molecule has 0 radical (unpaired) electrons. The van der Waals surface area contributed by atoms with Crippen molar-refractivity contribution in [3.8, 4) is 5.75 Å². The van der Waals surface area contributed by atoms with Crippen LogP contribution < -0.4 is 14.4 Å². The Labute approximate surface area is 160 Å². The number of nitrogens with one attached hydrogen (secondary N) is 1. The number of nitro groups is 1. The van der Waals surface area contributed by atoms with Crippen molar-refractivity contribution in [3.63, 3.8) is 0 Å². The molecule has 27 heavy (non-hydrogen) atoms. The fourth-order valence-electron chi connectivity index (χ4n) is 2.26. The molecule has 0 saturated carbocycles. The molecule has 0 aromatic heterocycles. The molecule has 0 spiro atoms. The molecule has 144 valence electrons. The van der Waals surface area contributed by atoms with Crippen molar-refractivity contribution in [2.24, 2.45) is 0 Å². The van der Waals surface area contributed by atoms with Gasteiger partial charge in [-0.25, -0.2) is 8.42 Å². The Morgan fingerprint density at radius 1 is 1.30 bits per heavy atom. The van der Waals surface area contributed by atoms with Crippen LogP contribution in [0.15, 0.2) is 42.5 Å². The fraction of sp³-hybridized carbons (Fsp3) is 0.188. The number of carbonyl (C=O) groups is 1. The van der Waals surface area contributed by atoms with Crippen LogP contribution >= 0.6 is 11.6 Å². The molecule has 0 heterocycles. The number of carbonyl (C=O) groups excluding carboxylic acids is 1. The molecule has 0 aliphatic rings. The van der Waals surface area contributed by atoms with Crippen molar-refractivity contribution < 1.29 is 22.9 Å². The van der Waals surface area contributed by atoms with E-state index in [0.29, 0.717) is 10.8 Å². The van der Waals surface area contributed by atoms with Gasteiger partial charge < -0.3 is 10.1 Å². The second kappa shape index (κ2) is 8.23. The largest absolute Gasteiger partial charge is 0.495 e. The summed E-state index contributed by atoms with van der Waals surface area (Å²) in [5, 5.41) is 13.8. The van der Waals surface area contributed by atoms with Crippen molar-refractivity contribution in [1.82, 2.24) is 0 Å². The zero-order valence-electron chi connectivity index (χ0n) is 14.4. The number of sulfonamides is 1. The summed E-state index contributed by atoms with van der Waals surface area (Å²) >= 11 is 5.90. The maximum Gasteiger partial charge on any atom is 0.271 e. The number of methoxy groups -OCH3 is 1. The Morgan fingerprint density at radius 3 is 2.59 bits per heavy atom. The molecule has 1 amide bonds. The van der Waals surface area contributed by atoms with E-state index < -0.39 is 27.4 Å². The number of halogens is 1. The monoisotopic (exact) mass is 413 g/mol. The number of anilines is 2.